The van der Waals surface area contributed by atoms with Gasteiger partial charge in [0.2, 0.25) is 0 Å². The molecule has 174 valence electrons. The lowest BCUT2D eigenvalue weighted by molar-refractivity contribution is 0.639. The van der Waals surface area contributed by atoms with E-state index in [4.69, 9.17) is 21.9 Å². The largest absolute Gasteiger partial charge is 0.346 e. The molecule has 3 heterocycles. The monoisotopic (exact) mass is 494 g/mol. The van der Waals surface area contributed by atoms with Gasteiger partial charge >= 0.3 is 0 Å². The number of benzene rings is 3. The summed E-state index contributed by atoms with van der Waals surface area (Å²) in [4.78, 5) is 7.37. The molecule has 0 saturated heterocycles. The van der Waals surface area contributed by atoms with Gasteiger partial charge in [-0.2, -0.15) is 5.10 Å². The van der Waals surface area contributed by atoms with Gasteiger partial charge < -0.3 is 4.90 Å². The summed E-state index contributed by atoms with van der Waals surface area (Å²) in [5.41, 5.74) is 5.51. The van der Waals surface area contributed by atoms with Crippen molar-refractivity contribution in [3.05, 3.63) is 107 Å². The van der Waals surface area contributed by atoms with E-state index in [0.29, 0.717) is 0 Å². The number of para-hydroxylation sites is 2. The molecule has 0 bridgehead atoms. The number of fused-ring (bicyclic) bond motifs is 2. The number of hydrogen-bond acceptors (Lipinski definition) is 4. The first-order chi connectivity index (χ1) is 16.8. The van der Waals surface area contributed by atoms with Crippen LogP contribution in [0.2, 0.25) is 0 Å². The minimum absolute atomic E-state index is 0.202. The van der Waals surface area contributed by atoms with Crippen LogP contribution in [-0.4, -0.2) is 23.0 Å². The smallest absolute Gasteiger partial charge is 0.165 e. The van der Waals surface area contributed by atoms with Gasteiger partial charge in [0.25, 0.3) is 0 Å². The number of rotatable bonds is 2. The highest BCUT2D eigenvalue weighted by molar-refractivity contribution is 8.24. The zero-order valence-electron chi connectivity index (χ0n) is 20.3. The second-order valence-corrected chi connectivity index (χ2v) is 14.0. The molecule has 0 spiro atoms. The Hall–Kier alpha value is -3.27. The van der Waals surface area contributed by atoms with Gasteiger partial charge in [-0.05, 0) is 36.0 Å². The van der Waals surface area contributed by atoms with Crippen LogP contribution in [0, 0.1) is 6.92 Å². The molecule has 0 N–H and O–H groups in total. The quantitative estimate of drug-likeness (QED) is 0.322. The molecule has 3 aromatic carbocycles. The highest BCUT2D eigenvalue weighted by Gasteiger charge is 2.46. The Labute approximate surface area is 211 Å². The van der Waals surface area contributed by atoms with Crippen molar-refractivity contribution >= 4 is 46.2 Å². The Morgan fingerprint density at radius 3 is 2.17 bits per heavy atom. The normalized spacial score (nSPS) is 22.2. The summed E-state index contributed by atoms with van der Waals surface area (Å²) in [6, 6.07) is 27.0. The number of aliphatic imine (C=N–C) groups is 1. The van der Waals surface area contributed by atoms with E-state index in [0.717, 1.165) is 27.8 Å². The molecule has 2 aliphatic rings. The summed E-state index contributed by atoms with van der Waals surface area (Å²) in [5, 5.41) is 8.37. The number of allylic oxidation sites excluding steroid dienone is 2. The number of anilines is 1. The highest BCUT2D eigenvalue weighted by atomic mass is 32.4. The molecule has 4 nitrogen and oxygen atoms in total. The third-order valence-corrected chi connectivity index (χ3v) is 12.2. The number of aromatic nitrogens is 2. The first-order valence-corrected chi connectivity index (χ1v) is 14.6. The van der Waals surface area contributed by atoms with Crippen molar-refractivity contribution < 1.29 is 0 Å². The van der Waals surface area contributed by atoms with E-state index in [9.17, 15) is 0 Å². The highest BCUT2D eigenvalue weighted by Crippen LogP contribution is 2.61. The summed E-state index contributed by atoms with van der Waals surface area (Å²) >= 11 is 6.83. The van der Waals surface area contributed by atoms with Gasteiger partial charge in [0.05, 0.1) is 16.7 Å². The number of aryl methyl sites for hydroxylation is 1. The van der Waals surface area contributed by atoms with E-state index in [-0.39, 0.29) is 5.41 Å². The van der Waals surface area contributed by atoms with Crippen LogP contribution in [0.4, 0.5) is 11.5 Å². The summed E-state index contributed by atoms with van der Waals surface area (Å²) in [7, 11) is 2.16. The van der Waals surface area contributed by atoms with E-state index in [2.05, 4.69) is 99.4 Å². The molecule has 35 heavy (non-hydrogen) atoms. The Bertz CT molecular complexity index is 1560. The number of hydrogen-bond donors (Lipinski definition) is 0. The molecule has 4 aromatic rings. The summed E-state index contributed by atoms with van der Waals surface area (Å²) in [5.74, 6) is 0.848. The molecule has 0 amide bonds. The van der Waals surface area contributed by atoms with Crippen LogP contribution < -0.4 is 15.5 Å². The van der Waals surface area contributed by atoms with Gasteiger partial charge in [0.15, 0.2) is 5.82 Å². The third-order valence-electron chi connectivity index (χ3n) is 7.20. The number of nitrogens with zero attached hydrogens (tertiary/aromatic N) is 4. The molecule has 1 atom stereocenters. The predicted molar refractivity (Wildman–Crippen MR) is 151 cm³/mol. The van der Waals surface area contributed by atoms with Crippen LogP contribution in [-0.2, 0) is 17.2 Å². The minimum Gasteiger partial charge on any atom is -0.346 e. The Morgan fingerprint density at radius 2 is 1.49 bits per heavy atom. The van der Waals surface area contributed by atoms with E-state index in [1.807, 2.05) is 29.1 Å². The van der Waals surface area contributed by atoms with Crippen LogP contribution in [0.5, 0.6) is 0 Å². The molecule has 0 radical (unpaired) electrons. The van der Waals surface area contributed by atoms with Crippen molar-refractivity contribution in [3.63, 3.8) is 0 Å². The molecule has 2 aliphatic heterocycles. The minimum atomic E-state index is -2.46. The lowest BCUT2D eigenvalue weighted by atomic mass is 9.84. The zero-order chi connectivity index (χ0) is 24.4. The standard InChI is InChI=1S/C29H27N4PS/c1-20-26-28(33(31-20)21-13-7-5-8-14-21)30-19-25(34(26,35)22-15-9-6-10-16-22)27-29(2,3)23-17-11-12-18-24(23)32(27)4/h5-19H,1-4H3. The molecule has 0 fully saturated rings. The average molecular weight is 495 g/mol. The van der Waals surface area contributed by atoms with Gasteiger partial charge in [-0.25, -0.2) is 9.67 Å². The van der Waals surface area contributed by atoms with Gasteiger partial charge in [0, 0.05) is 41.4 Å². The van der Waals surface area contributed by atoms with Crippen LogP contribution in [0.25, 0.3) is 5.69 Å². The van der Waals surface area contributed by atoms with Crippen molar-refractivity contribution in [3.8, 4) is 5.69 Å². The maximum Gasteiger partial charge on any atom is 0.165 e. The predicted octanol–water partition coefficient (Wildman–Crippen LogP) is 5.97. The van der Waals surface area contributed by atoms with Gasteiger partial charge in [-0.3, -0.25) is 0 Å². The fourth-order valence-electron chi connectivity index (χ4n) is 5.63. The lowest BCUT2D eigenvalue weighted by Gasteiger charge is -2.34. The van der Waals surface area contributed by atoms with Crippen molar-refractivity contribution in [2.24, 2.45) is 4.99 Å². The Kier molecular flexibility index (Phi) is 5.00. The number of likely N-dealkylation sites (N-methyl/N-ethyl adjacent to an activating group) is 1. The second kappa shape index (κ2) is 7.87. The Morgan fingerprint density at radius 1 is 0.857 bits per heavy atom. The van der Waals surface area contributed by atoms with E-state index in [1.54, 1.807) is 0 Å². The molecule has 6 heteroatoms. The SMILES string of the molecule is Cc1nn(-c2ccccc2)c2c1P(=S)(c1ccccc1)C(=C1N(C)c3ccccc3C1(C)C)C=N2. The van der Waals surface area contributed by atoms with Crippen LogP contribution in [0.3, 0.4) is 0 Å². The molecular formula is C29H27N4PS. The topological polar surface area (TPSA) is 33.4 Å². The first kappa shape index (κ1) is 22.2. The molecule has 0 aliphatic carbocycles. The van der Waals surface area contributed by atoms with Gasteiger partial charge in [-0.15, -0.1) is 0 Å². The van der Waals surface area contributed by atoms with Gasteiger partial charge in [-0.1, -0.05) is 92.4 Å². The van der Waals surface area contributed by atoms with Crippen molar-refractivity contribution in [2.75, 3.05) is 11.9 Å². The van der Waals surface area contributed by atoms with E-state index in [1.165, 1.54) is 22.3 Å². The fourth-order valence-corrected chi connectivity index (χ4v) is 10.3. The molecular weight excluding hydrogens is 467 g/mol. The van der Waals surface area contributed by atoms with Crippen molar-refractivity contribution in [1.29, 1.82) is 0 Å². The van der Waals surface area contributed by atoms with Crippen molar-refractivity contribution in [1.82, 2.24) is 9.78 Å². The second-order valence-electron chi connectivity index (χ2n) is 9.64. The summed E-state index contributed by atoms with van der Waals surface area (Å²) in [6.45, 7) is 6.67. The van der Waals surface area contributed by atoms with Crippen LogP contribution in [0.1, 0.15) is 25.1 Å². The first-order valence-electron chi connectivity index (χ1n) is 11.8. The van der Waals surface area contributed by atoms with E-state index < -0.39 is 6.04 Å². The lowest BCUT2D eigenvalue weighted by Crippen LogP contribution is -2.30. The fraction of sp³-hybridized carbons (Fsp3) is 0.172. The zero-order valence-corrected chi connectivity index (χ0v) is 22.0. The Balaban J connectivity index is 1.69. The van der Waals surface area contributed by atoms with E-state index >= 15 is 0 Å². The molecule has 0 saturated carbocycles. The summed E-state index contributed by atoms with van der Waals surface area (Å²) in [6.07, 6.45) is 2.04. The van der Waals surface area contributed by atoms with Gasteiger partial charge in [0.1, 0.15) is 0 Å². The maximum atomic E-state index is 6.83. The molecule has 1 aromatic heterocycles. The average Bonchev–Trinajstić information content (AvgIpc) is 3.32. The third kappa shape index (κ3) is 3.08. The van der Waals surface area contributed by atoms with Crippen LogP contribution >= 0.6 is 6.04 Å². The molecule has 6 rings (SSSR count). The van der Waals surface area contributed by atoms with Crippen molar-refractivity contribution in [2.45, 2.75) is 26.2 Å². The summed E-state index contributed by atoms with van der Waals surface area (Å²) < 4.78 is 1.95. The molecule has 1 unspecified atom stereocenters. The maximum absolute atomic E-state index is 6.83. The van der Waals surface area contributed by atoms with Crippen LogP contribution in [0.15, 0.2) is 101 Å².